The number of hydrogen-bond acceptors (Lipinski definition) is 4. The highest BCUT2D eigenvalue weighted by atomic mass is 32.1. The lowest BCUT2D eigenvalue weighted by Crippen LogP contribution is -2.19. The lowest BCUT2D eigenvalue weighted by atomic mass is 9.99. The summed E-state index contributed by atoms with van der Waals surface area (Å²) in [4.78, 5) is 12.4. The van der Waals surface area contributed by atoms with Gasteiger partial charge in [0, 0.05) is 5.57 Å². The van der Waals surface area contributed by atoms with E-state index in [0.717, 1.165) is 5.56 Å². The van der Waals surface area contributed by atoms with Crippen LogP contribution in [-0.2, 0) is 0 Å². The van der Waals surface area contributed by atoms with Crippen molar-refractivity contribution in [3.8, 4) is 11.5 Å². The molecule has 0 saturated carbocycles. The Kier molecular flexibility index (Phi) is 3.09. The smallest absolute Gasteiger partial charge is 0.196 e. The van der Waals surface area contributed by atoms with Gasteiger partial charge in [-0.05, 0) is 46.7 Å². The summed E-state index contributed by atoms with van der Waals surface area (Å²) in [5.41, 5.74) is 2.26. The van der Waals surface area contributed by atoms with E-state index in [1.807, 2.05) is 22.9 Å². The van der Waals surface area contributed by atoms with Crippen LogP contribution < -0.4 is 9.47 Å². The lowest BCUT2D eigenvalue weighted by Gasteiger charge is -2.19. The average Bonchev–Trinajstić information content (AvgIpc) is 2.95. The molecular formula is C15H12O3S. The number of rotatable bonds is 2. The summed E-state index contributed by atoms with van der Waals surface area (Å²) in [6.45, 7) is 0.314. The third kappa shape index (κ3) is 2.27. The van der Waals surface area contributed by atoms with E-state index in [1.54, 1.807) is 36.6 Å². The fraction of sp³-hybridized carbons (Fsp3) is 0.133. The van der Waals surface area contributed by atoms with Crippen LogP contribution >= 0.6 is 11.3 Å². The summed E-state index contributed by atoms with van der Waals surface area (Å²) in [6, 6.07) is 7.26. The number of thiophene rings is 1. The van der Waals surface area contributed by atoms with E-state index in [9.17, 15) is 4.79 Å². The molecule has 19 heavy (non-hydrogen) atoms. The largest absolute Gasteiger partial charge is 0.497 e. The Bertz CT molecular complexity index is 641. The molecule has 96 valence electrons. The highest BCUT2D eigenvalue weighted by Crippen LogP contribution is 2.31. The van der Waals surface area contributed by atoms with E-state index in [2.05, 4.69) is 0 Å². The van der Waals surface area contributed by atoms with Crippen LogP contribution in [0.4, 0.5) is 0 Å². The first kappa shape index (κ1) is 12.0. The number of benzene rings is 1. The van der Waals surface area contributed by atoms with Crippen molar-refractivity contribution in [3.63, 3.8) is 0 Å². The number of methoxy groups -OCH3 is 1. The number of ketones is 1. The molecule has 1 aromatic carbocycles. The van der Waals surface area contributed by atoms with Crippen molar-refractivity contribution in [2.75, 3.05) is 13.7 Å². The summed E-state index contributed by atoms with van der Waals surface area (Å²) >= 11 is 1.60. The molecule has 2 heterocycles. The number of ether oxygens (including phenoxy) is 2. The van der Waals surface area contributed by atoms with Crippen LogP contribution in [0.25, 0.3) is 6.08 Å². The van der Waals surface area contributed by atoms with Crippen LogP contribution in [0, 0.1) is 0 Å². The normalized spacial score (nSPS) is 16.1. The maximum atomic E-state index is 12.4. The van der Waals surface area contributed by atoms with Gasteiger partial charge in [0.1, 0.15) is 18.1 Å². The van der Waals surface area contributed by atoms with Crippen molar-refractivity contribution >= 4 is 23.2 Å². The quantitative estimate of drug-likeness (QED) is 0.786. The molecule has 0 atom stereocenters. The monoisotopic (exact) mass is 272 g/mol. The van der Waals surface area contributed by atoms with Gasteiger partial charge in [-0.3, -0.25) is 4.79 Å². The third-order valence-electron chi connectivity index (χ3n) is 2.99. The summed E-state index contributed by atoms with van der Waals surface area (Å²) in [5, 5.41) is 3.99. The molecule has 1 aliphatic heterocycles. The third-order valence-corrected chi connectivity index (χ3v) is 3.69. The van der Waals surface area contributed by atoms with Crippen LogP contribution in [0.2, 0.25) is 0 Å². The van der Waals surface area contributed by atoms with Gasteiger partial charge in [-0.15, -0.1) is 0 Å². The average molecular weight is 272 g/mol. The minimum atomic E-state index is 0.00588. The van der Waals surface area contributed by atoms with Gasteiger partial charge in [0.15, 0.2) is 5.78 Å². The minimum Gasteiger partial charge on any atom is -0.497 e. The number of Topliss-reactive ketones (excluding diaryl/α,β-unsaturated/α-hetero) is 1. The van der Waals surface area contributed by atoms with Crippen LogP contribution in [0.1, 0.15) is 15.9 Å². The van der Waals surface area contributed by atoms with E-state index in [-0.39, 0.29) is 5.78 Å². The predicted octanol–water partition coefficient (Wildman–Crippen LogP) is 3.42. The molecule has 0 amide bonds. The Morgan fingerprint density at radius 1 is 1.37 bits per heavy atom. The maximum absolute atomic E-state index is 12.4. The Morgan fingerprint density at radius 2 is 2.26 bits per heavy atom. The number of fused-ring (bicyclic) bond motifs is 1. The molecule has 0 aliphatic carbocycles. The van der Waals surface area contributed by atoms with Crippen molar-refractivity contribution in [2.24, 2.45) is 0 Å². The Morgan fingerprint density at radius 3 is 3.00 bits per heavy atom. The van der Waals surface area contributed by atoms with Gasteiger partial charge in [0.05, 0.1) is 12.7 Å². The second-order valence-corrected chi connectivity index (χ2v) is 4.99. The Hall–Kier alpha value is -2.07. The van der Waals surface area contributed by atoms with Crippen molar-refractivity contribution in [3.05, 3.63) is 51.7 Å². The molecule has 0 N–H and O–H groups in total. The first-order valence-electron chi connectivity index (χ1n) is 5.86. The SMILES string of the molecule is COc1ccc2c(c1)C(=O)/C(=C/c1ccsc1)CO2. The first-order valence-corrected chi connectivity index (χ1v) is 6.80. The number of carbonyl (C=O) groups excluding carboxylic acids is 1. The molecule has 0 bridgehead atoms. The summed E-state index contributed by atoms with van der Waals surface area (Å²) in [7, 11) is 1.58. The lowest BCUT2D eigenvalue weighted by molar-refractivity contribution is 0.100. The molecular weight excluding hydrogens is 260 g/mol. The minimum absolute atomic E-state index is 0.00588. The van der Waals surface area contributed by atoms with Crippen LogP contribution in [0.15, 0.2) is 40.6 Å². The van der Waals surface area contributed by atoms with Crippen molar-refractivity contribution < 1.29 is 14.3 Å². The highest BCUT2D eigenvalue weighted by molar-refractivity contribution is 7.08. The van der Waals surface area contributed by atoms with Gasteiger partial charge < -0.3 is 9.47 Å². The van der Waals surface area contributed by atoms with Gasteiger partial charge in [-0.2, -0.15) is 11.3 Å². The zero-order valence-corrected chi connectivity index (χ0v) is 11.2. The van der Waals surface area contributed by atoms with Crippen molar-refractivity contribution in [1.82, 2.24) is 0 Å². The molecule has 0 spiro atoms. The van der Waals surface area contributed by atoms with Crippen molar-refractivity contribution in [2.45, 2.75) is 0 Å². The summed E-state index contributed by atoms with van der Waals surface area (Å²) in [6.07, 6.45) is 1.88. The summed E-state index contributed by atoms with van der Waals surface area (Å²) < 4.78 is 10.8. The molecule has 3 rings (SSSR count). The van der Waals surface area contributed by atoms with Gasteiger partial charge in [0.25, 0.3) is 0 Å². The van der Waals surface area contributed by atoms with Gasteiger partial charge in [-0.1, -0.05) is 0 Å². The molecule has 0 saturated heterocycles. The first-order chi connectivity index (χ1) is 9.28. The van der Waals surface area contributed by atoms with E-state index in [1.165, 1.54) is 0 Å². The molecule has 2 aromatic rings. The highest BCUT2D eigenvalue weighted by Gasteiger charge is 2.23. The molecule has 3 nitrogen and oxygen atoms in total. The standard InChI is InChI=1S/C15H12O3S/c1-17-12-2-3-14-13(7-12)15(16)11(8-18-14)6-10-4-5-19-9-10/h2-7,9H,8H2,1H3/b11-6+. The molecule has 4 heteroatoms. The topological polar surface area (TPSA) is 35.5 Å². The van der Waals surface area contributed by atoms with Gasteiger partial charge in [-0.25, -0.2) is 0 Å². The Balaban J connectivity index is 1.99. The van der Waals surface area contributed by atoms with E-state index in [0.29, 0.717) is 29.2 Å². The van der Waals surface area contributed by atoms with E-state index in [4.69, 9.17) is 9.47 Å². The second-order valence-electron chi connectivity index (χ2n) is 4.21. The fourth-order valence-corrected chi connectivity index (χ4v) is 2.62. The summed E-state index contributed by atoms with van der Waals surface area (Å²) in [5.74, 6) is 1.28. The molecule has 0 fully saturated rings. The Labute approximate surface area is 115 Å². The van der Waals surface area contributed by atoms with E-state index >= 15 is 0 Å². The molecule has 0 unspecified atom stereocenters. The number of hydrogen-bond donors (Lipinski definition) is 0. The maximum Gasteiger partial charge on any atom is 0.196 e. The van der Waals surface area contributed by atoms with Crippen molar-refractivity contribution in [1.29, 1.82) is 0 Å². The predicted molar refractivity (Wildman–Crippen MR) is 75.1 cm³/mol. The van der Waals surface area contributed by atoms with E-state index < -0.39 is 0 Å². The van der Waals surface area contributed by atoms with Gasteiger partial charge >= 0.3 is 0 Å². The van der Waals surface area contributed by atoms with Gasteiger partial charge in [0.2, 0.25) is 0 Å². The van der Waals surface area contributed by atoms with Crippen LogP contribution in [-0.4, -0.2) is 19.5 Å². The fourth-order valence-electron chi connectivity index (χ4n) is 2.00. The molecule has 1 aliphatic rings. The second kappa shape index (κ2) is 4.90. The van der Waals surface area contributed by atoms with Crippen LogP contribution in [0.5, 0.6) is 11.5 Å². The van der Waals surface area contributed by atoms with Crippen LogP contribution in [0.3, 0.4) is 0 Å². The molecule has 0 radical (unpaired) electrons. The zero-order valence-electron chi connectivity index (χ0n) is 10.4. The molecule has 1 aromatic heterocycles. The number of carbonyl (C=O) groups is 1. The zero-order chi connectivity index (χ0) is 13.2.